The first-order valence-corrected chi connectivity index (χ1v) is 7.71. The number of hydrogen-bond donors (Lipinski definition) is 1. The maximum absolute atomic E-state index is 12.3. The molecule has 20 heavy (non-hydrogen) atoms. The topological polar surface area (TPSA) is 73.3 Å². The van der Waals surface area contributed by atoms with E-state index in [0.29, 0.717) is 0 Å². The molecule has 0 bridgehead atoms. The Morgan fingerprint density at radius 2 is 1.75 bits per heavy atom. The molecule has 0 radical (unpaired) electrons. The average Bonchev–Trinajstić information content (AvgIpc) is 2.80. The van der Waals surface area contributed by atoms with E-state index < -0.39 is 13.2 Å². The molecule has 108 valence electrons. The third-order valence-corrected chi connectivity index (χ3v) is 5.17. The summed E-state index contributed by atoms with van der Waals surface area (Å²) >= 11 is 12.1. The van der Waals surface area contributed by atoms with Crippen molar-refractivity contribution in [2.75, 3.05) is 14.2 Å². The summed E-state index contributed by atoms with van der Waals surface area (Å²) in [6.45, 7) is 0. The molecule has 0 saturated carbocycles. The van der Waals surface area contributed by atoms with Crippen molar-refractivity contribution in [3.63, 3.8) is 0 Å². The maximum atomic E-state index is 12.3. The van der Waals surface area contributed by atoms with Gasteiger partial charge in [0, 0.05) is 20.4 Å². The van der Waals surface area contributed by atoms with E-state index in [2.05, 4.69) is 5.10 Å². The van der Waals surface area contributed by atoms with Crippen LogP contribution in [-0.4, -0.2) is 24.0 Å². The molecule has 6 nitrogen and oxygen atoms in total. The number of nitrogens with zero attached hydrogens (tertiary/aromatic N) is 1. The van der Waals surface area contributed by atoms with E-state index >= 15 is 0 Å². The number of H-pyrrole nitrogens is 1. The van der Waals surface area contributed by atoms with E-state index in [4.69, 9.17) is 32.2 Å². The second kappa shape index (κ2) is 5.76. The second-order valence-electron chi connectivity index (χ2n) is 3.73. The van der Waals surface area contributed by atoms with E-state index in [0.717, 1.165) is 4.68 Å². The molecule has 2 aromatic rings. The number of hydrogen-bond acceptors (Lipinski definition) is 4. The van der Waals surface area contributed by atoms with Crippen molar-refractivity contribution in [3.05, 3.63) is 44.8 Å². The lowest BCUT2D eigenvalue weighted by atomic mass is 10.3. The lowest BCUT2D eigenvalue weighted by Gasteiger charge is -2.10. The predicted molar refractivity (Wildman–Crippen MR) is 77.7 cm³/mol. The molecule has 0 atom stereocenters. The van der Waals surface area contributed by atoms with E-state index in [1.54, 1.807) is 18.2 Å². The molecule has 0 aliphatic rings. The van der Waals surface area contributed by atoms with Crippen LogP contribution in [0, 0.1) is 0 Å². The molecular formula is C11H11Cl2N2O4P. The number of benzene rings is 1. The van der Waals surface area contributed by atoms with Crippen LogP contribution in [0.15, 0.2) is 29.2 Å². The highest BCUT2D eigenvalue weighted by Gasteiger charge is 2.31. The number of aromatic nitrogens is 2. The third-order valence-electron chi connectivity index (χ3n) is 2.69. The molecule has 9 heteroatoms. The molecule has 0 fully saturated rings. The highest BCUT2D eigenvalue weighted by Crippen LogP contribution is 2.43. The Kier molecular flexibility index (Phi) is 4.42. The summed E-state index contributed by atoms with van der Waals surface area (Å²) in [6.07, 6.45) is 1.25. The molecule has 2 rings (SSSR count). The van der Waals surface area contributed by atoms with Gasteiger partial charge in [-0.05, 0) is 12.1 Å². The summed E-state index contributed by atoms with van der Waals surface area (Å²) in [4.78, 5) is 12.3. The first-order valence-electron chi connectivity index (χ1n) is 5.41. The summed E-state index contributed by atoms with van der Waals surface area (Å²) < 4.78 is 22.9. The minimum atomic E-state index is -3.65. The average molecular weight is 337 g/mol. The maximum Gasteiger partial charge on any atom is 0.368 e. The van der Waals surface area contributed by atoms with Gasteiger partial charge < -0.3 is 9.05 Å². The summed E-state index contributed by atoms with van der Waals surface area (Å²) in [5.74, 6) is 0. The summed E-state index contributed by atoms with van der Waals surface area (Å²) in [7, 11) is -1.26. The molecule has 0 unspecified atom stereocenters. The lowest BCUT2D eigenvalue weighted by molar-refractivity contribution is 0.287. The molecule has 0 aliphatic heterocycles. The molecule has 1 aromatic carbocycles. The number of nitrogens with one attached hydrogen (secondary N) is 1. The summed E-state index contributed by atoms with van der Waals surface area (Å²) in [5, 5.41) is 3.07. The van der Waals surface area contributed by atoms with Crippen LogP contribution in [-0.2, 0) is 13.6 Å². The van der Waals surface area contributed by atoms with Crippen LogP contribution in [0.25, 0.3) is 5.69 Å². The zero-order chi connectivity index (χ0) is 14.9. The largest absolute Gasteiger partial charge is 0.368 e. The van der Waals surface area contributed by atoms with Gasteiger partial charge >= 0.3 is 7.60 Å². The van der Waals surface area contributed by atoms with Gasteiger partial charge in [0.1, 0.15) is 11.0 Å². The van der Waals surface area contributed by atoms with Gasteiger partial charge in [-0.2, -0.15) is 0 Å². The van der Waals surface area contributed by atoms with Crippen molar-refractivity contribution in [1.82, 2.24) is 9.78 Å². The van der Waals surface area contributed by atoms with Gasteiger partial charge in [-0.25, -0.2) is 4.68 Å². The summed E-state index contributed by atoms with van der Waals surface area (Å²) in [5.41, 5.74) is -0.335. The van der Waals surface area contributed by atoms with Gasteiger partial charge in [0.05, 0.1) is 10.0 Å². The van der Waals surface area contributed by atoms with E-state index in [1.165, 1.54) is 20.4 Å². The summed E-state index contributed by atoms with van der Waals surface area (Å²) in [6, 6.07) is 4.82. The Balaban J connectivity index is 2.67. The Bertz CT molecular complexity index is 712. The van der Waals surface area contributed by atoms with E-state index in [-0.39, 0.29) is 21.0 Å². The third kappa shape index (κ3) is 2.45. The second-order valence-corrected chi connectivity index (χ2v) is 6.75. The Hall–Kier alpha value is -1.04. The highest BCUT2D eigenvalue weighted by atomic mass is 35.5. The van der Waals surface area contributed by atoms with Gasteiger partial charge in [-0.1, -0.05) is 29.3 Å². The highest BCUT2D eigenvalue weighted by molar-refractivity contribution is 7.62. The van der Waals surface area contributed by atoms with Gasteiger partial charge in [0.2, 0.25) is 0 Å². The van der Waals surface area contributed by atoms with Crippen molar-refractivity contribution in [1.29, 1.82) is 0 Å². The normalized spacial score (nSPS) is 11.8. The minimum absolute atomic E-state index is 0.126. The zero-order valence-electron chi connectivity index (χ0n) is 10.6. The molecule has 1 N–H and O–H groups in total. The van der Waals surface area contributed by atoms with Crippen LogP contribution >= 0.6 is 30.8 Å². The first kappa shape index (κ1) is 15.4. The Morgan fingerprint density at radius 3 is 2.25 bits per heavy atom. The van der Waals surface area contributed by atoms with Crippen molar-refractivity contribution in [2.45, 2.75) is 0 Å². The molecule has 0 saturated heterocycles. The van der Waals surface area contributed by atoms with Gasteiger partial charge in [-0.15, -0.1) is 0 Å². The van der Waals surface area contributed by atoms with E-state index in [9.17, 15) is 9.36 Å². The SMILES string of the molecule is COP(=O)(OC)c1c[nH]n(-c2c(Cl)cccc2Cl)c1=O. The lowest BCUT2D eigenvalue weighted by Crippen LogP contribution is -2.28. The van der Waals surface area contributed by atoms with Crippen molar-refractivity contribution in [3.8, 4) is 5.69 Å². The van der Waals surface area contributed by atoms with Gasteiger partial charge in [0.15, 0.2) is 0 Å². The quantitative estimate of drug-likeness (QED) is 0.871. The van der Waals surface area contributed by atoms with Crippen LogP contribution in [0.1, 0.15) is 0 Å². The standard InChI is InChI=1S/C11H11Cl2N2O4P/c1-18-20(17,19-2)9-6-14-15(11(9)16)10-7(12)4-3-5-8(10)13/h3-6,14H,1-2H3. The number of halogens is 2. The van der Waals surface area contributed by atoms with Crippen LogP contribution in [0.4, 0.5) is 0 Å². The first-order chi connectivity index (χ1) is 9.44. The number of aromatic amines is 1. The number of rotatable bonds is 4. The fourth-order valence-corrected chi connectivity index (χ4v) is 3.36. The molecule has 0 aliphatic carbocycles. The van der Waals surface area contributed by atoms with Crippen LogP contribution in [0.2, 0.25) is 10.0 Å². The van der Waals surface area contributed by atoms with Crippen molar-refractivity contribution < 1.29 is 13.6 Å². The fraction of sp³-hybridized carbons (Fsp3) is 0.182. The van der Waals surface area contributed by atoms with Gasteiger partial charge in [-0.3, -0.25) is 14.5 Å². The van der Waals surface area contributed by atoms with Gasteiger partial charge in [0.25, 0.3) is 5.56 Å². The van der Waals surface area contributed by atoms with Crippen molar-refractivity contribution in [2.24, 2.45) is 0 Å². The Morgan fingerprint density at radius 1 is 1.20 bits per heavy atom. The van der Waals surface area contributed by atoms with Crippen LogP contribution in [0.3, 0.4) is 0 Å². The van der Waals surface area contributed by atoms with Crippen LogP contribution in [0.5, 0.6) is 0 Å². The zero-order valence-corrected chi connectivity index (χ0v) is 13.0. The predicted octanol–water partition coefficient (Wildman–Crippen LogP) is 2.58. The van der Waals surface area contributed by atoms with Crippen LogP contribution < -0.4 is 10.9 Å². The Labute approximate surface area is 124 Å². The molecule has 1 aromatic heterocycles. The smallest absolute Gasteiger partial charge is 0.308 e. The molecule has 1 heterocycles. The minimum Gasteiger partial charge on any atom is -0.308 e. The van der Waals surface area contributed by atoms with Crippen molar-refractivity contribution >= 4 is 36.1 Å². The monoisotopic (exact) mass is 336 g/mol. The number of para-hydroxylation sites is 1. The molecule has 0 spiro atoms. The fourth-order valence-electron chi connectivity index (χ4n) is 1.70. The molecular weight excluding hydrogens is 326 g/mol. The van der Waals surface area contributed by atoms with E-state index in [1.807, 2.05) is 0 Å². The molecule has 0 amide bonds.